The van der Waals surface area contributed by atoms with Crippen molar-refractivity contribution in [3.63, 3.8) is 0 Å². The van der Waals surface area contributed by atoms with E-state index in [2.05, 4.69) is 20.7 Å². The van der Waals surface area contributed by atoms with Gasteiger partial charge in [0.15, 0.2) is 0 Å². The van der Waals surface area contributed by atoms with E-state index >= 15 is 0 Å². The van der Waals surface area contributed by atoms with Crippen molar-refractivity contribution < 1.29 is 4.74 Å². The average molecular weight is 238 g/mol. The van der Waals surface area contributed by atoms with Crippen molar-refractivity contribution in [1.82, 2.24) is 20.7 Å². The summed E-state index contributed by atoms with van der Waals surface area (Å²) < 4.78 is 5.86. The lowest BCUT2D eigenvalue weighted by atomic mass is 10.0. The monoisotopic (exact) mass is 238 g/mol. The molecule has 5 saturated heterocycles. The number of piperidine rings is 1. The third-order valence-corrected chi connectivity index (χ3v) is 4.70. The molecule has 96 valence electrons. The molecule has 5 aliphatic rings. The fourth-order valence-corrected chi connectivity index (χ4v) is 3.76. The van der Waals surface area contributed by atoms with Crippen molar-refractivity contribution in [2.45, 2.75) is 37.1 Å². The summed E-state index contributed by atoms with van der Waals surface area (Å²) in [7, 11) is 0. The highest BCUT2D eigenvalue weighted by Crippen LogP contribution is 2.26. The van der Waals surface area contributed by atoms with Gasteiger partial charge >= 0.3 is 0 Å². The number of morpholine rings is 1. The Labute approximate surface area is 102 Å². The maximum atomic E-state index is 5.86. The van der Waals surface area contributed by atoms with Gasteiger partial charge in [0.1, 0.15) is 0 Å². The highest BCUT2D eigenvalue weighted by molar-refractivity contribution is 4.94. The van der Waals surface area contributed by atoms with Gasteiger partial charge in [0.2, 0.25) is 0 Å². The molecule has 5 fully saturated rings. The van der Waals surface area contributed by atoms with Crippen molar-refractivity contribution in [3.8, 4) is 0 Å². The highest BCUT2D eigenvalue weighted by atomic mass is 16.5. The Kier molecular flexibility index (Phi) is 2.63. The molecule has 0 aromatic carbocycles. The maximum Gasteiger partial charge on any atom is 0.0841 e. The number of ether oxygens (including phenoxy) is 1. The van der Waals surface area contributed by atoms with E-state index in [-0.39, 0.29) is 0 Å². The van der Waals surface area contributed by atoms with Gasteiger partial charge in [0, 0.05) is 50.8 Å². The molecule has 5 heteroatoms. The number of rotatable bonds is 1. The third-order valence-electron chi connectivity index (χ3n) is 4.70. The standard InChI is InChI=1S/C12H22N4O/c1-2-16(11-3-9(1)13-4-11)15-6-10-8-17-12(7-15)5-14-10/h9-14H,1-8H2. The number of hydrazine groups is 1. The summed E-state index contributed by atoms with van der Waals surface area (Å²) in [6.07, 6.45) is 3.03. The van der Waals surface area contributed by atoms with Gasteiger partial charge in [-0.3, -0.25) is 0 Å². The first kappa shape index (κ1) is 10.7. The molecule has 0 aliphatic carbocycles. The van der Waals surface area contributed by atoms with Gasteiger partial charge < -0.3 is 15.4 Å². The summed E-state index contributed by atoms with van der Waals surface area (Å²) in [5.41, 5.74) is 0. The largest absolute Gasteiger partial charge is 0.374 e. The zero-order valence-corrected chi connectivity index (χ0v) is 10.3. The minimum Gasteiger partial charge on any atom is -0.374 e. The molecule has 5 aliphatic heterocycles. The molecule has 0 saturated carbocycles. The Morgan fingerprint density at radius 3 is 2.88 bits per heavy atom. The molecule has 4 unspecified atom stereocenters. The van der Waals surface area contributed by atoms with Gasteiger partial charge in [-0.1, -0.05) is 0 Å². The van der Waals surface area contributed by atoms with E-state index in [1.807, 2.05) is 0 Å². The van der Waals surface area contributed by atoms with Crippen molar-refractivity contribution in [2.75, 3.05) is 39.3 Å². The molecule has 0 radical (unpaired) electrons. The van der Waals surface area contributed by atoms with E-state index < -0.39 is 0 Å². The molecule has 4 atom stereocenters. The van der Waals surface area contributed by atoms with Gasteiger partial charge in [-0.2, -0.15) is 0 Å². The van der Waals surface area contributed by atoms with Crippen LogP contribution in [0.3, 0.4) is 0 Å². The van der Waals surface area contributed by atoms with E-state index in [1.165, 1.54) is 25.9 Å². The van der Waals surface area contributed by atoms with E-state index in [0.29, 0.717) is 12.1 Å². The van der Waals surface area contributed by atoms with Crippen LogP contribution in [-0.2, 0) is 4.74 Å². The lowest BCUT2D eigenvalue weighted by Gasteiger charge is -2.41. The van der Waals surface area contributed by atoms with Crippen molar-refractivity contribution >= 4 is 0 Å². The van der Waals surface area contributed by atoms with Gasteiger partial charge in [-0.15, -0.1) is 0 Å². The molecule has 2 N–H and O–H groups in total. The van der Waals surface area contributed by atoms with Crippen LogP contribution >= 0.6 is 0 Å². The quantitative estimate of drug-likeness (QED) is 0.614. The normalized spacial score (nSPS) is 47.3. The molecule has 5 heterocycles. The Morgan fingerprint density at radius 2 is 2.00 bits per heavy atom. The van der Waals surface area contributed by atoms with Crippen LogP contribution in [0.5, 0.6) is 0 Å². The average Bonchev–Trinajstić information content (AvgIpc) is 2.56. The summed E-state index contributed by atoms with van der Waals surface area (Å²) in [4.78, 5) is 0. The second kappa shape index (κ2) is 4.17. The Morgan fingerprint density at radius 1 is 1.06 bits per heavy atom. The first-order chi connectivity index (χ1) is 8.38. The van der Waals surface area contributed by atoms with E-state index in [9.17, 15) is 0 Å². The fraction of sp³-hybridized carbons (Fsp3) is 1.00. The molecule has 4 bridgehead atoms. The maximum absolute atomic E-state index is 5.86. The summed E-state index contributed by atoms with van der Waals surface area (Å²) in [5.74, 6) is 0. The van der Waals surface area contributed by atoms with Gasteiger partial charge in [-0.05, 0) is 12.8 Å². The zero-order valence-electron chi connectivity index (χ0n) is 10.3. The van der Waals surface area contributed by atoms with Crippen LogP contribution in [0.15, 0.2) is 0 Å². The number of nitrogens with one attached hydrogen (secondary N) is 2. The summed E-state index contributed by atoms with van der Waals surface area (Å²) in [6, 6.07) is 2.04. The number of nitrogens with zero attached hydrogens (tertiary/aromatic N) is 2. The van der Waals surface area contributed by atoms with Crippen LogP contribution in [0.25, 0.3) is 0 Å². The smallest absolute Gasteiger partial charge is 0.0841 e. The number of hydrogen-bond acceptors (Lipinski definition) is 5. The lowest BCUT2D eigenvalue weighted by Crippen LogP contribution is -2.54. The minimum absolute atomic E-state index is 0.390. The van der Waals surface area contributed by atoms with Crippen LogP contribution < -0.4 is 10.6 Å². The van der Waals surface area contributed by atoms with Crippen LogP contribution in [-0.4, -0.2) is 73.6 Å². The topological polar surface area (TPSA) is 39.8 Å². The van der Waals surface area contributed by atoms with E-state index in [0.717, 1.165) is 38.3 Å². The minimum atomic E-state index is 0.390. The fourth-order valence-electron chi connectivity index (χ4n) is 3.76. The predicted molar refractivity (Wildman–Crippen MR) is 64.6 cm³/mol. The van der Waals surface area contributed by atoms with Crippen molar-refractivity contribution in [3.05, 3.63) is 0 Å². The molecule has 0 spiro atoms. The van der Waals surface area contributed by atoms with Gasteiger partial charge in [0.25, 0.3) is 0 Å². The van der Waals surface area contributed by atoms with E-state index in [4.69, 9.17) is 4.74 Å². The molecular weight excluding hydrogens is 216 g/mol. The first-order valence-electron chi connectivity index (χ1n) is 6.98. The SMILES string of the molecule is C1CN(N2CC3COC(CN3)C2)C2CNC1C2. The summed E-state index contributed by atoms with van der Waals surface area (Å²) in [6.45, 7) is 6.51. The lowest BCUT2D eigenvalue weighted by molar-refractivity contribution is -0.0745. The first-order valence-corrected chi connectivity index (χ1v) is 6.98. The zero-order chi connectivity index (χ0) is 11.2. The van der Waals surface area contributed by atoms with Crippen LogP contribution in [0.1, 0.15) is 12.8 Å². The van der Waals surface area contributed by atoms with Crippen molar-refractivity contribution in [2.24, 2.45) is 0 Å². The molecule has 0 aromatic rings. The Bertz CT molecular complexity index is 278. The number of hydrogen-bond donors (Lipinski definition) is 2. The molecule has 5 nitrogen and oxygen atoms in total. The molecule has 5 rings (SSSR count). The predicted octanol–water partition coefficient (Wildman–Crippen LogP) is -0.990. The third kappa shape index (κ3) is 1.90. The molecule has 0 amide bonds. The summed E-state index contributed by atoms with van der Waals surface area (Å²) >= 11 is 0. The van der Waals surface area contributed by atoms with E-state index in [1.54, 1.807) is 0 Å². The van der Waals surface area contributed by atoms with Crippen LogP contribution in [0, 0.1) is 0 Å². The van der Waals surface area contributed by atoms with Gasteiger partial charge in [-0.25, -0.2) is 10.0 Å². The summed E-state index contributed by atoms with van der Waals surface area (Å²) in [5, 5.41) is 12.4. The van der Waals surface area contributed by atoms with Crippen LogP contribution in [0.2, 0.25) is 0 Å². The molecule has 0 aromatic heterocycles. The second-order valence-corrected chi connectivity index (χ2v) is 5.88. The Hall–Kier alpha value is -0.200. The molecule has 17 heavy (non-hydrogen) atoms. The second-order valence-electron chi connectivity index (χ2n) is 5.88. The number of fused-ring (bicyclic) bond motifs is 6. The van der Waals surface area contributed by atoms with Gasteiger partial charge in [0.05, 0.1) is 12.7 Å². The Balaban J connectivity index is 1.50. The van der Waals surface area contributed by atoms with Crippen LogP contribution in [0.4, 0.5) is 0 Å². The molecular formula is C12H22N4O. The van der Waals surface area contributed by atoms with Crippen molar-refractivity contribution in [1.29, 1.82) is 0 Å². The highest BCUT2D eigenvalue weighted by Gasteiger charge is 2.40.